The summed E-state index contributed by atoms with van der Waals surface area (Å²) in [6.45, 7) is 2.07. The average Bonchev–Trinajstić information content (AvgIpc) is 1.72. The second-order valence-corrected chi connectivity index (χ2v) is 3.93. The first-order valence-corrected chi connectivity index (χ1v) is 4.16. The first-order valence-electron chi connectivity index (χ1n) is 2.40. The van der Waals surface area contributed by atoms with E-state index in [2.05, 4.69) is 6.92 Å². The molecule has 8 heavy (non-hydrogen) atoms. The van der Waals surface area contributed by atoms with E-state index in [1.165, 1.54) is 0 Å². The Labute approximate surface area is 62.8 Å². The molecule has 0 atom stereocenters. The zero-order valence-corrected chi connectivity index (χ0v) is 8.38. The maximum atomic E-state index is 4.97. The van der Waals surface area contributed by atoms with Crippen LogP contribution in [0.1, 0.15) is 6.92 Å². The van der Waals surface area contributed by atoms with Gasteiger partial charge in [0.25, 0.3) is 0 Å². The second kappa shape index (κ2) is 7.62. The van der Waals surface area contributed by atoms with Crippen molar-refractivity contribution in [2.24, 2.45) is 0 Å². The molecule has 0 radical (unpaired) electrons. The lowest BCUT2D eigenvalue weighted by Gasteiger charge is -2.05. The highest BCUT2D eigenvalue weighted by atomic mass is 79.9. The van der Waals surface area contributed by atoms with Gasteiger partial charge in [-0.3, -0.25) is 0 Å². The predicted octanol–water partition coefficient (Wildman–Crippen LogP) is 1.10. The van der Waals surface area contributed by atoms with Gasteiger partial charge in [0.05, 0.1) is 0 Å². The molecule has 0 heterocycles. The van der Waals surface area contributed by atoms with Gasteiger partial charge in [-0.25, -0.2) is 0 Å². The summed E-state index contributed by atoms with van der Waals surface area (Å²) in [6, 6.07) is 1.05. The van der Waals surface area contributed by atoms with Crippen molar-refractivity contribution in [1.82, 2.24) is 0 Å². The van der Waals surface area contributed by atoms with Gasteiger partial charge in [0, 0.05) is 14.2 Å². The first-order chi connectivity index (χ1) is 3.35. The summed E-state index contributed by atoms with van der Waals surface area (Å²) < 4.78 is 9.93. The van der Waals surface area contributed by atoms with Crippen LogP contribution < -0.4 is 0 Å². The maximum absolute atomic E-state index is 4.97. The molecule has 0 fully saturated rings. The summed E-state index contributed by atoms with van der Waals surface area (Å²) >= 11 is 0. The minimum absolute atomic E-state index is 0. The van der Waals surface area contributed by atoms with Crippen molar-refractivity contribution in [3.8, 4) is 0 Å². The van der Waals surface area contributed by atoms with E-state index in [0.717, 1.165) is 6.04 Å². The molecule has 52 valence electrons. The van der Waals surface area contributed by atoms with E-state index in [1.54, 1.807) is 14.2 Å². The van der Waals surface area contributed by atoms with Crippen LogP contribution in [0.15, 0.2) is 0 Å². The normalized spacial score (nSPS) is 9.00. The van der Waals surface area contributed by atoms with Gasteiger partial charge in [0.2, 0.25) is 0 Å². The number of hydrogen-bond acceptors (Lipinski definition) is 2. The van der Waals surface area contributed by atoms with Crippen LogP contribution in [0.25, 0.3) is 0 Å². The Morgan fingerprint density at radius 1 is 1.25 bits per heavy atom. The van der Waals surface area contributed by atoms with Gasteiger partial charge in [0.1, 0.15) is 0 Å². The fraction of sp³-hybridized carbons (Fsp3) is 1.00. The topological polar surface area (TPSA) is 18.5 Å². The van der Waals surface area contributed by atoms with Gasteiger partial charge in [-0.15, -0.1) is 17.0 Å². The van der Waals surface area contributed by atoms with E-state index in [4.69, 9.17) is 8.85 Å². The molecule has 0 amide bonds. The molecule has 0 bridgehead atoms. The van der Waals surface area contributed by atoms with Gasteiger partial charge in [-0.05, 0) is 6.04 Å². The Hall–Kier alpha value is 0.617. The molecule has 0 aromatic carbocycles. The lowest BCUT2D eigenvalue weighted by molar-refractivity contribution is 0.279. The molecule has 0 N–H and O–H groups in total. The zero-order chi connectivity index (χ0) is 5.70. The molecular weight excluding hydrogens is 188 g/mol. The van der Waals surface area contributed by atoms with E-state index in [1.807, 2.05) is 0 Å². The van der Waals surface area contributed by atoms with Crippen LogP contribution in [-0.4, -0.2) is 23.5 Å². The van der Waals surface area contributed by atoms with Crippen molar-refractivity contribution in [2.75, 3.05) is 14.2 Å². The van der Waals surface area contributed by atoms with E-state index in [9.17, 15) is 0 Å². The standard InChI is InChI=1S/C4H12O2Si.BrH/c1-4-7(5-2)6-3;/h7H,4H2,1-3H3;1H. The Balaban J connectivity index is 0. The number of halogens is 1. The van der Waals surface area contributed by atoms with Gasteiger partial charge in [0.15, 0.2) is 0 Å². The summed E-state index contributed by atoms with van der Waals surface area (Å²) in [6.07, 6.45) is 0. The molecule has 0 rings (SSSR count). The lowest BCUT2D eigenvalue weighted by Crippen LogP contribution is -2.16. The lowest BCUT2D eigenvalue weighted by atomic mass is 11.0. The average molecular weight is 201 g/mol. The summed E-state index contributed by atoms with van der Waals surface area (Å²) in [5.74, 6) is 0. The van der Waals surface area contributed by atoms with Crippen LogP contribution >= 0.6 is 17.0 Å². The van der Waals surface area contributed by atoms with Crippen molar-refractivity contribution >= 4 is 26.3 Å². The molecule has 4 heteroatoms. The van der Waals surface area contributed by atoms with Crippen LogP contribution in [0.4, 0.5) is 0 Å². The fourth-order valence-corrected chi connectivity index (χ4v) is 1.29. The van der Waals surface area contributed by atoms with E-state index < -0.39 is 9.28 Å². The monoisotopic (exact) mass is 200 g/mol. The van der Waals surface area contributed by atoms with Gasteiger partial charge in [-0.2, -0.15) is 0 Å². The molecule has 0 aromatic heterocycles. The quantitative estimate of drug-likeness (QED) is 0.636. The van der Waals surface area contributed by atoms with Crippen molar-refractivity contribution < 1.29 is 8.85 Å². The van der Waals surface area contributed by atoms with E-state index >= 15 is 0 Å². The molecule has 0 aliphatic carbocycles. The third-order valence-electron chi connectivity index (χ3n) is 0.859. The summed E-state index contributed by atoms with van der Waals surface area (Å²) in [7, 11) is 2.23. The van der Waals surface area contributed by atoms with E-state index in [-0.39, 0.29) is 17.0 Å². The summed E-state index contributed by atoms with van der Waals surface area (Å²) in [4.78, 5) is 0. The Kier molecular flexibility index (Phi) is 10.9. The van der Waals surface area contributed by atoms with Crippen LogP contribution in [0.5, 0.6) is 0 Å². The smallest absolute Gasteiger partial charge is 0.320 e. The highest BCUT2D eigenvalue weighted by molar-refractivity contribution is 8.93. The van der Waals surface area contributed by atoms with Crippen LogP contribution in [0.3, 0.4) is 0 Å². The highest BCUT2D eigenvalue weighted by Crippen LogP contribution is 1.89. The second-order valence-electron chi connectivity index (χ2n) is 1.31. The van der Waals surface area contributed by atoms with Crippen LogP contribution in [0.2, 0.25) is 6.04 Å². The Bertz CT molecular complexity index is 35.5. The fourth-order valence-electron chi connectivity index (χ4n) is 0.430. The van der Waals surface area contributed by atoms with E-state index in [0.29, 0.717) is 0 Å². The van der Waals surface area contributed by atoms with Gasteiger partial charge < -0.3 is 8.85 Å². The molecule has 0 aromatic rings. The summed E-state index contributed by atoms with van der Waals surface area (Å²) in [5.41, 5.74) is 0. The molecule has 0 spiro atoms. The Morgan fingerprint density at radius 2 is 1.62 bits per heavy atom. The molecule has 0 unspecified atom stereocenters. The number of hydrogen-bond donors (Lipinski definition) is 0. The van der Waals surface area contributed by atoms with Crippen LogP contribution in [0, 0.1) is 0 Å². The summed E-state index contributed by atoms with van der Waals surface area (Å²) in [5, 5.41) is 0. The molecule has 2 nitrogen and oxygen atoms in total. The SMILES string of the molecule is Br.CC[SiH](OC)OC. The third-order valence-corrected chi connectivity index (χ3v) is 2.58. The zero-order valence-electron chi connectivity index (χ0n) is 5.51. The predicted molar refractivity (Wildman–Crippen MR) is 42.0 cm³/mol. The van der Waals surface area contributed by atoms with Crippen LogP contribution in [-0.2, 0) is 8.85 Å². The molecular formula is C4H13BrO2Si. The van der Waals surface area contributed by atoms with Crippen molar-refractivity contribution in [2.45, 2.75) is 13.0 Å². The largest absolute Gasteiger partial charge is 0.400 e. The minimum Gasteiger partial charge on any atom is -0.400 e. The van der Waals surface area contributed by atoms with Crippen molar-refractivity contribution in [1.29, 1.82) is 0 Å². The molecule has 0 aliphatic heterocycles. The third kappa shape index (κ3) is 4.77. The molecule has 0 saturated heterocycles. The highest BCUT2D eigenvalue weighted by Gasteiger charge is 2.02. The first kappa shape index (κ1) is 11.4. The Morgan fingerprint density at radius 3 is 1.62 bits per heavy atom. The van der Waals surface area contributed by atoms with Gasteiger partial charge in [-0.1, -0.05) is 6.92 Å². The molecule has 0 saturated carbocycles. The van der Waals surface area contributed by atoms with Crippen molar-refractivity contribution in [3.63, 3.8) is 0 Å². The van der Waals surface area contributed by atoms with Crippen molar-refractivity contribution in [3.05, 3.63) is 0 Å². The minimum atomic E-state index is -1.17. The molecule has 0 aliphatic rings. The van der Waals surface area contributed by atoms with Gasteiger partial charge >= 0.3 is 9.28 Å². The maximum Gasteiger partial charge on any atom is 0.320 e. The number of rotatable bonds is 3.